The maximum absolute atomic E-state index is 4.53. The Morgan fingerprint density at radius 3 is 2.30 bits per heavy atom. The molecule has 0 aliphatic carbocycles. The van der Waals surface area contributed by atoms with Gasteiger partial charge in [-0.1, -0.05) is 48.5 Å². The Bertz CT molecular complexity index is 742. The lowest BCUT2D eigenvalue weighted by atomic mass is 10.1. The standard InChI is InChI=1S/C19H20N4/c1-15-14-18(22-17-10-6-3-7-11-17)23-19(21-15)20-13-12-16-8-4-2-5-9-16/h2-11,14H,12-13H2,1H3,(H2,20,21,22,23). The maximum Gasteiger partial charge on any atom is 0.224 e. The van der Waals surface area contributed by atoms with Crippen molar-refractivity contribution in [2.24, 2.45) is 0 Å². The first-order valence-electron chi connectivity index (χ1n) is 7.75. The molecule has 0 saturated heterocycles. The van der Waals surface area contributed by atoms with Gasteiger partial charge in [-0.3, -0.25) is 0 Å². The Hall–Kier alpha value is -2.88. The maximum atomic E-state index is 4.53. The zero-order valence-corrected chi connectivity index (χ0v) is 13.2. The van der Waals surface area contributed by atoms with Gasteiger partial charge in [0.2, 0.25) is 5.95 Å². The lowest BCUT2D eigenvalue weighted by molar-refractivity contribution is 0.976. The third kappa shape index (κ3) is 4.54. The number of nitrogens with one attached hydrogen (secondary N) is 2. The zero-order valence-electron chi connectivity index (χ0n) is 13.2. The number of anilines is 3. The van der Waals surface area contributed by atoms with Crippen molar-refractivity contribution < 1.29 is 0 Å². The first-order valence-corrected chi connectivity index (χ1v) is 7.75. The number of hydrogen-bond donors (Lipinski definition) is 2. The predicted octanol–water partition coefficient (Wildman–Crippen LogP) is 4.18. The molecule has 0 saturated carbocycles. The molecule has 3 rings (SSSR count). The minimum Gasteiger partial charge on any atom is -0.354 e. The van der Waals surface area contributed by atoms with Crippen LogP contribution in [0.3, 0.4) is 0 Å². The Labute approximate surface area is 136 Å². The van der Waals surface area contributed by atoms with Crippen LogP contribution in [0.1, 0.15) is 11.3 Å². The zero-order chi connectivity index (χ0) is 15.9. The molecule has 23 heavy (non-hydrogen) atoms. The smallest absolute Gasteiger partial charge is 0.224 e. The molecule has 0 atom stereocenters. The highest BCUT2D eigenvalue weighted by Gasteiger charge is 2.02. The minimum absolute atomic E-state index is 0.652. The third-order valence-electron chi connectivity index (χ3n) is 3.44. The Morgan fingerprint density at radius 1 is 0.870 bits per heavy atom. The Balaban J connectivity index is 1.63. The number of aromatic nitrogens is 2. The summed E-state index contributed by atoms with van der Waals surface area (Å²) in [5, 5.41) is 6.60. The molecular weight excluding hydrogens is 284 g/mol. The molecule has 2 aromatic carbocycles. The van der Waals surface area contributed by atoms with Crippen molar-refractivity contribution in [3.8, 4) is 0 Å². The van der Waals surface area contributed by atoms with Crippen molar-refractivity contribution in [3.63, 3.8) is 0 Å². The highest BCUT2D eigenvalue weighted by atomic mass is 15.1. The summed E-state index contributed by atoms with van der Waals surface area (Å²) in [4.78, 5) is 8.97. The van der Waals surface area contributed by atoms with Gasteiger partial charge in [0.1, 0.15) is 5.82 Å². The average molecular weight is 304 g/mol. The second-order valence-electron chi connectivity index (χ2n) is 5.37. The number of aryl methyl sites for hydroxylation is 1. The molecule has 1 aromatic heterocycles. The molecule has 3 aromatic rings. The van der Waals surface area contributed by atoms with Crippen LogP contribution in [0.15, 0.2) is 66.7 Å². The molecule has 4 heteroatoms. The van der Waals surface area contributed by atoms with E-state index >= 15 is 0 Å². The van der Waals surface area contributed by atoms with Gasteiger partial charge >= 0.3 is 0 Å². The summed E-state index contributed by atoms with van der Waals surface area (Å²) < 4.78 is 0. The van der Waals surface area contributed by atoms with Crippen LogP contribution in [0, 0.1) is 6.92 Å². The van der Waals surface area contributed by atoms with E-state index in [0.717, 1.165) is 30.2 Å². The van der Waals surface area contributed by atoms with Gasteiger partial charge in [-0.25, -0.2) is 4.98 Å². The van der Waals surface area contributed by atoms with E-state index < -0.39 is 0 Å². The number of nitrogens with zero attached hydrogens (tertiary/aromatic N) is 2. The van der Waals surface area contributed by atoms with Gasteiger partial charge in [0, 0.05) is 24.0 Å². The molecule has 1 heterocycles. The SMILES string of the molecule is Cc1cc(Nc2ccccc2)nc(NCCc2ccccc2)n1. The van der Waals surface area contributed by atoms with Gasteiger partial charge in [0.25, 0.3) is 0 Å². The van der Waals surface area contributed by atoms with Crippen LogP contribution >= 0.6 is 0 Å². The molecule has 0 aliphatic heterocycles. The summed E-state index contributed by atoms with van der Waals surface area (Å²) in [5.41, 5.74) is 3.25. The highest BCUT2D eigenvalue weighted by Crippen LogP contribution is 2.16. The van der Waals surface area contributed by atoms with E-state index in [1.165, 1.54) is 5.56 Å². The summed E-state index contributed by atoms with van der Waals surface area (Å²) in [6, 6.07) is 22.3. The van der Waals surface area contributed by atoms with Crippen LogP contribution < -0.4 is 10.6 Å². The van der Waals surface area contributed by atoms with Crippen LogP contribution in [0.4, 0.5) is 17.5 Å². The fraction of sp³-hybridized carbons (Fsp3) is 0.158. The van der Waals surface area contributed by atoms with E-state index in [9.17, 15) is 0 Å². The molecule has 2 N–H and O–H groups in total. The van der Waals surface area contributed by atoms with Crippen molar-refractivity contribution >= 4 is 17.5 Å². The minimum atomic E-state index is 0.652. The average Bonchev–Trinajstić information content (AvgIpc) is 2.56. The van der Waals surface area contributed by atoms with Gasteiger partial charge in [-0.2, -0.15) is 4.98 Å². The normalized spacial score (nSPS) is 10.3. The third-order valence-corrected chi connectivity index (χ3v) is 3.44. The van der Waals surface area contributed by atoms with Gasteiger partial charge in [-0.05, 0) is 31.0 Å². The van der Waals surface area contributed by atoms with E-state index in [0.29, 0.717) is 5.95 Å². The molecule has 0 bridgehead atoms. The Morgan fingerprint density at radius 2 is 1.57 bits per heavy atom. The molecule has 0 amide bonds. The summed E-state index contributed by atoms with van der Waals surface area (Å²) in [6.45, 7) is 2.78. The lowest BCUT2D eigenvalue weighted by Gasteiger charge is -2.10. The van der Waals surface area contributed by atoms with Crippen LogP contribution in [0.5, 0.6) is 0 Å². The largest absolute Gasteiger partial charge is 0.354 e. The molecule has 0 aliphatic rings. The summed E-state index contributed by atoms with van der Waals surface area (Å²) in [7, 11) is 0. The van der Waals surface area contributed by atoms with Crippen molar-refractivity contribution in [1.29, 1.82) is 0 Å². The van der Waals surface area contributed by atoms with Crippen LogP contribution in [-0.4, -0.2) is 16.5 Å². The van der Waals surface area contributed by atoms with E-state index in [2.05, 4.69) is 44.9 Å². The summed E-state index contributed by atoms with van der Waals surface area (Å²) in [5.74, 6) is 1.45. The van der Waals surface area contributed by atoms with E-state index in [-0.39, 0.29) is 0 Å². The van der Waals surface area contributed by atoms with Crippen LogP contribution in [-0.2, 0) is 6.42 Å². The van der Waals surface area contributed by atoms with Gasteiger partial charge in [0.15, 0.2) is 0 Å². The van der Waals surface area contributed by atoms with Gasteiger partial charge < -0.3 is 10.6 Å². The fourth-order valence-corrected chi connectivity index (χ4v) is 2.34. The van der Waals surface area contributed by atoms with Gasteiger partial charge in [0.05, 0.1) is 0 Å². The molecule has 4 nitrogen and oxygen atoms in total. The first kappa shape index (κ1) is 15.0. The number of rotatable bonds is 6. The number of hydrogen-bond acceptors (Lipinski definition) is 4. The number of para-hydroxylation sites is 1. The van der Waals surface area contributed by atoms with E-state index in [1.807, 2.05) is 49.4 Å². The molecule has 116 valence electrons. The highest BCUT2D eigenvalue weighted by molar-refractivity contribution is 5.57. The van der Waals surface area contributed by atoms with Crippen molar-refractivity contribution in [2.45, 2.75) is 13.3 Å². The fourth-order valence-electron chi connectivity index (χ4n) is 2.34. The van der Waals surface area contributed by atoms with Crippen LogP contribution in [0.25, 0.3) is 0 Å². The monoisotopic (exact) mass is 304 g/mol. The Kier molecular flexibility index (Phi) is 4.84. The number of benzene rings is 2. The van der Waals surface area contributed by atoms with Crippen molar-refractivity contribution in [2.75, 3.05) is 17.2 Å². The van der Waals surface area contributed by atoms with E-state index in [4.69, 9.17) is 0 Å². The molecular formula is C19H20N4. The van der Waals surface area contributed by atoms with Crippen molar-refractivity contribution in [3.05, 3.63) is 78.0 Å². The summed E-state index contributed by atoms with van der Waals surface area (Å²) in [6.07, 6.45) is 0.944. The molecule has 0 fully saturated rings. The van der Waals surface area contributed by atoms with Crippen LogP contribution in [0.2, 0.25) is 0 Å². The second-order valence-corrected chi connectivity index (χ2v) is 5.37. The molecule has 0 spiro atoms. The summed E-state index contributed by atoms with van der Waals surface area (Å²) >= 11 is 0. The van der Waals surface area contributed by atoms with E-state index in [1.54, 1.807) is 0 Å². The second kappa shape index (κ2) is 7.40. The van der Waals surface area contributed by atoms with Crippen molar-refractivity contribution in [1.82, 2.24) is 9.97 Å². The quantitative estimate of drug-likeness (QED) is 0.717. The lowest BCUT2D eigenvalue weighted by Crippen LogP contribution is -2.09. The predicted molar refractivity (Wildman–Crippen MR) is 95.1 cm³/mol. The topological polar surface area (TPSA) is 49.8 Å². The first-order chi connectivity index (χ1) is 11.3. The van der Waals surface area contributed by atoms with Gasteiger partial charge in [-0.15, -0.1) is 0 Å². The molecule has 0 radical (unpaired) electrons. The molecule has 0 unspecified atom stereocenters.